The number of ketones is 1. The third-order valence-corrected chi connectivity index (χ3v) is 3.02. The van der Waals surface area contributed by atoms with E-state index in [1.54, 1.807) is 6.92 Å². The molecule has 0 fully saturated rings. The molecule has 0 aromatic carbocycles. The Morgan fingerprint density at radius 3 is 2.89 bits per heavy atom. The molecule has 0 spiro atoms. The zero-order valence-electron chi connectivity index (χ0n) is 9.15. The van der Waals surface area contributed by atoms with Crippen LogP contribution in [-0.2, 0) is 15.7 Å². The van der Waals surface area contributed by atoms with E-state index < -0.39 is 28.6 Å². The molecule has 0 amide bonds. The van der Waals surface area contributed by atoms with Crippen LogP contribution in [0.1, 0.15) is 17.4 Å². The summed E-state index contributed by atoms with van der Waals surface area (Å²) in [4.78, 5) is 37.6. The minimum atomic E-state index is -1.86. The van der Waals surface area contributed by atoms with Crippen LogP contribution < -0.4 is 5.69 Å². The van der Waals surface area contributed by atoms with Crippen LogP contribution in [0.3, 0.4) is 0 Å². The van der Waals surface area contributed by atoms with Gasteiger partial charge in [-0.15, -0.1) is 0 Å². The number of nitrogens with zero attached hydrogens (tertiary/aromatic N) is 3. The zero-order valence-corrected chi connectivity index (χ0v) is 9.97. The lowest BCUT2D eigenvalue weighted by molar-refractivity contribution is 0.106. The molecule has 1 aromatic rings. The third kappa shape index (κ3) is 1.99. The number of fused-ring (bicyclic) bond motifs is 1. The molecule has 1 atom stereocenters. The minimum absolute atomic E-state index is 0.0720. The van der Waals surface area contributed by atoms with Gasteiger partial charge in [-0.05, 0) is 6.92 Å². The summed E-state index contributed by atoms with van der Waals surface area (Å²) in [5, 5.41) is 0. The fourth-order valence-electron chi connectivity index (χ4n) is 1.28. The van der Waals surface area contributed by atoms with Crippen molar-refractivity contribution >= 4 is 29.1 Å². The highest BCUT2D eigenvalue weighted by molar-refractivity contribution is 7.84. The predicted octanol–water partition coefficient (Wildman–Crippen LogP) is -0.462. The fourth-order valence-corrected chi connectivity index (χ4v) is 2.09. The van der Waals surface area contributed by atoms with Gasteiger partial charge in [0.05, 0.1) is 12.8 Å². The molecule has 1 aliphatic heterocycles. The van der Waals surface area contributed by atoms with Crippen LogP contribution in [0, 0.1) is 0 Å². The lowest BCUT2D eigenvalue weighted by Gasteiger charge is -2.09. The van der Waals surface area contributed by atoms with Crippen molar-refractivity contribution in [1.82, 2.24) is 9.55 Å². The molecule has 0 N–H and O–H groups in total. The van der Waals surface area contributed by atoms with Gasteiger partial charge in [0.2, 0.25) is 5.78 Å². The summed E-state index contributed by atoms with van der Waals surface area (Å²) in [6.07, 6.45) is 0.851. The van der Waals surface area contributed by atoms with E-state index in [0.29, 0.717) is 4.57 Å². The van der Waals surface area contributed by atoms with E-state index in [1.807, 2.05) is 0 Å². The highest BCUT2D eigenvalue weighted by atomic mass is 32.2. The Bertz CT molecular complexity index is 648. The minimum Gasteiger partial charge on any atom is -0.449 e. The largest absolute Gasteiger partial charge is 0.449 e. The van der Waals surface area contributed by atoms with E-state index in [9.17, 15) is 18.6 Å². The molecule has 0 saturated heterocycles. The monoisotopic (exact) mass is 269 g/mol. The number of ether oxygens (including phenoxy) is 1. The van der Waals surface area contributed by atoms with Crippen LogP contribution in [-0.4, -0.2) is 38.5 Å². The Kier molecular flexibility index (Phi) is 3.15. The Morgan fingerprint density at radius 2 is 2.22 bits per heavy atom. The molecule has 0 radical (unpaired) electrons. The molecule has 8 nitrogen and oxygen atoms in total. The summed E-state index contributed by atoms with van der Waals surface area (Å²) in [5.41, 5.74) is -1.22. The van der Waals surface area contributed by atoms with Crippen LogP contribution in [0.4, 0.5) is 4.79 Å². The Hall–Kier alpha value is -2.16. The smallest absolute Gasteiger partial charge is 0.422 e. The second-order valence-corrected chi connectivity index (χ2v) is 4.30. The number of Topliss-reactive ketones (excluding diaryl/α,β-unsaturated/α-hetero) is 1. The third-order valence-electron chi connectivity index (χ3n) is 2.05. The Balaban J connectivity index is 2.59. The van der Waals surface area contributed by atoms with Crippen LogP contribution in [0.25, 0.3) is 0 Å². The van der Waals surface area contributed by atoms with Crippen molar-refractivity contribution in [2.75, 3.05) is 6.61 Å². The Labute approximate surface area is 103 Å². The van der Waals surface area contributed by atoms with Gasteiger partial charge in [0.1, 0.15) is 10.6 Å². The summed E-state index contributed by atoms with van der Waals surface area (Å²) in [7, 11) is -1.86. The van der Waals surface area contributed by atoms with Crippen LogP contribution in [0.15, 0.2) is 20.3 Å². The number of carbonyl (C=O) groups excluding carboxylic acids is 2. The molecule has 2 heterocycles. The van der Waals surface area contributed by atoms with Crippen LogP contribution in [0.5, 0.6) is 0 Å². The highest BCUT2D eigenvalue weighted by Gasteiger charge is 2.24. The van der Waals surface area contributed by atoms with Gasteiger partial charge in [0.15, 0.2) is 11.0 Å². The van der Waals surface area contributed by atoms with Crippen molar-refractivity contribution in [3.05, 3.63) is 22.4 Å². The second-order valence-electron chi connectivity index (χ2n) is 3.15. The lowest BCUT2D eigenvalue weighted by Crippen LogP contribution is -2.33. The van der Waals surface area contributed by atoms with Gasteiger partial charge in [-0.3, -0.25) is 4.79 Å². The van der Waals surface area contributed by atoms with Gasteiger partial charge >= 0.3 is 11.8 Å². The average Bonchev–Trinajstić information content (AvgIpc) is 2.34. The topological polar surface area (TPSA) is 108 Å². The molecule has 18 heavy (non-hydrogen) atoms. The summed E-state index contributed by atoms with van der Waals surface area (Å²) < 4.78 is 20.1. The van der Waals surface area contributed by atoms with Gasteiger partial charge in [0, 0.05) is 6.20 Å². The molecule has 0 aliphatic carbocycles. The summed E-state index contributed by atoms with van der Waals surface area (Å²) >= 11 is 0. The molecule has 9 heteroatoms. The first-order valence-corrected chi connectivity index (χ1v) is 5.96. The van der Waals surface area contributed by atoms with Crippen molar-refractivity contribution in [3.8, 4) is 0 Å². The molecular weight excluding hydrogens is 262 g/mol. The fraction of sp³-hybridized carbons (Fsp3) is 0.222. The molecule has 1 aromatic heterocycles. The van der Waals surface area contributed by atoms with E-state index in [2.05, 4.69) is 14.1 Å². The van der Waals surface area contributed by atoms with Gasteiger partial charge in [-0.1, -0.05) is 0 Å². The second kappa shape index (κ2) is 4.61. The quantitative estimate of drug-likeness (QED) is 0.682. The van der Waals surface area contributed by atoms with E-state index >= 15 is 0 Å². The van der Waals surface area contributed by atoms with Gasteiger partial charge in [-0.2, -0.15) is 9.38 Å². The summed E-state index contributed by atoms with van der Waals surface area (Å²) in [6.45, 7) is 1.64. The van der Waals surface area contributed by atoms with E-state index in [4.69, 9.17) is 0 Å². The SMILES string of the molecule is CCOC(=O)n1cc2c(nc1=O)C(=O)C=NS2=O. The van der Waals surface area contributed by atoms with Crippen molar-refractivity contribution in [3.63, 3.8) is 0 Å². The number of carbonyl (C=O) groups is 2. The number of hydrogen-bond acceptors (Lipinski definition) is 6. The van der Waals surface area contributed by atoms with E-state index in [-0.39, 0.29) is 17.2 Å². The Morgan fingerprint density at radius 1 is 1.50 bits per heavy atom. The number of hydrogen-bond donors (Lipinski definition) is 0. The number of rotatable bonds is 1. The zero-order chi connectivity index (χ0) is 13.3. The normalized spacial score (nSPS) is 17.4. The first-order valence-electron chi connectivity index (χ1n) is 4.85. The predicted molar refractivity (Wildman–Crippen MR) is 60.1 cm³/mol. The van der Waals surface area contributed by atoms with Crippen molar-refractivity contribution < 1.29 is 18.5 Å². The molecule has 0 bridgehead atoms. The average molecular weight is 269 g/mol. The van der Waals surface area contributed by atoms with E-state index in [0.717, 1.165) is 12.4 Å². The first-order chi connectivity index (χ1) is 8.54. The first kappa shape index (κ1) is 12.3. The molecule has 1 unspecified atom stereocenters. The van der Waals surface area contributed by atoms with E-state index in [1.165, 1.54) is 0 Å². The molecule has 2 rings (SSSR count). The molecule has 0 saturated carbocycles. The van der Waals surface area contributed by atoms with Crippen molar-refractivity contribution in [1.29, 1.82) is 0 Å². The maximum absolute atomic E-state index is 11.5. The van der Waals surface area contributed by atoms with Crippen molar-refractivity contribution in [2.24, 2.45) is 4.40 Å². The summed E-state index contributed by atoms with van der Waals surface area (Å²) in [6, 6.07) is 0. The molecule has 94 valence electrons. The van der Waals surface area contributed by atoms with Crippen LogP contribution >= 0.6 is 0 Å². The number of aromatic nitrogens is 2. The highest BCUT2D eigenvalue weighted by Crippen LogP contribution is 2.14. The summed E-state index contributed by atoms with van der Waals surface area (Å²) in [5.74, 6) is -0.627. The molecular formula is C9H7N3O5S. The van der Waals surface area contributed by atoms with Gasteiger partial charge in [-0.25, -0.2) is 18.4 Å². The lowest BCUT2D eigenvalue weighted by atomic mass is 10.3. The van der Waals surface area contributed by atoms with Crippen LogP contribution in [0.2, 0.25) is 0 Å². The van der Waals surface area contributed by atoms with Gasteiger partial charge in [0.25, 0.3) is 0 Å². The standard InChI is InChI=1S/C9H7N3O5S/c1-2-17-9(15)12-4-6-7(11-8(12)14)5(13)3-10-18(6)16/h3-4H,2H2,1H3. The maximum atomic E-state index is 11.5. The van der Waals surface area contributed by atoms with Gasteiger partial charge < -0.3 is 4.74 Å². The molecule has 1 aliphatic rings. The van der Waals surface area contributed by atoms with Crippen molar-refractivity contribution in [2.45, 2.75) is 11.8 Å². The maximum Gasteiger partial charge on any atom is 0.422 e.